The molecule has 228 valence electrons. The average Bonchev–Trinajstić information content (AvgIpc) is 3.67. The van der Waals surface area contributed by atoms with Crippen molar-refractivity contribution in [1.82, 2.24) is 9.80 Å². The molecule has 44 heavy (non-hydrogen) atoms. The van der Waals surface area contributed by atoms with Crippen molar-refractivity contribution < 1.29 is 28.3 Å². The van der Waals surface area contributed by atoms with E-state index in [1.807, 2.05) is 19.1 Å². The third-order valence-electron chi connectivity index (χ3n) is 7.97. The first-order valence-corrected chi connectivity index (χ1v) is 14.8. The fourth-order valence-electron chi connectivity index (χ4n) is 5.62. The number of hydrogen-bond donors (Lipinski definition) is 1. The molecule has 0 radical (unpaired) electrons. The highest BCUT2D eigenvalue weighted by molar-refractivity contribution is 6.21. The molecule has 2 saturated heterocycles. The van der Waals surface area contributed by atoms with E-state index >= 15 is 0 Å². The molecule has 2 aliphatic heterocycles. The second kappa shape index (κ2) is 13.5. The van der Waals surface area contributed by atoms with Crippen LogP contribution in [0.15, 0.2) is 57.9 Å². The monoisotopic (exact) mass is 597 g/mol. The van der Waals surface area contributed by atoms with Crippen LogP contribution >= 0.6 is 0 Å². The number of esters is 1. The van der Waals surface area contributed by atoms with E-state index in [1.165, 1.54) is 31.4 Å². The van der Waals surface area contributed by atoms with Crippen molar-refractivity contribution in [2.45, 2.75) is 51.1 Å². The van der Waals surface area contributed by atoms with Crippen LogP contribution in [0.5, 0.6) is 0 Å². The number of fused-ring (bicyclic) bond motifs is 1. The fraction of sp³-hybridized carbons (Fsp3) is 0.394. The van der Waals surface area contributed by atoms with Gasteiger partial charge >= 0.3 is 12.0 Å². The zero-order valence-electron chi connectivity index (χ0n) is 24.9. The van der Waals surface area contributed by atoms with Gasteiger partial charge in [0, 0.05) is 36.3 Å². The van der Waals surface area contributed by atoms with Gasteiger partial charge in [0.2, 0.25) is 11.8 Å². The number of Topliss-reactive ketones (excluding diaryl/α,β-unsaturated/α-hetero) is 1. The molecule has 2 aliphatic rings. The summed E-state index contributed by atoms with van der Waals surface area (Å²) in [4.78, 5) is 64.0. The van der Waals surface area contributed by atoms with Crippen LogP contribution in [-0.2, 0) is 14.3 Å². The maximum atomic E-state index is 13.7. The molecule has 1 aromatic heterocycles. The van der Waals surface area contributed by atoms with Gasteiger partial charge in [-0.3, -0.25) is 24.2 Å². The lowest BCUT2D eigenvalue weighted by Gasteiger charge is -2.25. The molecule has 11 heteroatoms. The van der Waals surface area contributed by atoms with Gasteiger partial charge in [0.15, 0.2) is 5.84 Å². The molecule has 0 spiro atoms. The predicted octanol–water partition coefficient (Wildman–Crippen LogP) is 4.51. The van der Waals surface area contributed by atoms with Crippen LogP contribution < -0.4 is 5.32 Å². The van der Waals surface area contributed by atoms with Gasteiger partial charge in [-0.25, -0.2) is 11.4 Å². The molecular weight excluding hydrogens is 562 g/mol. The molecule has 2 fully saturated rings. The number of methoxy groups -OCH3 is 1. The summed E-state index contributed by atoms with van der Waals surface area (Å²) in [6.45, 7) is 11.7. The van der Waals surface area contributed by atoms with E-state index in [2.05, 4.69) is 10.2 Å². The normalized spacial score (nSPS) is 18.1. The highest BCUT2D eigenvalue weighted by Gasteiger charge is 2.36. The number of benzene rings is 2. The number of nitrogens with zero attached hydrogens (tertiary/aromatic N) is 4. The molecule has 2 atom stereocenters. The number of nitrogens with one attached hydrogen (secondary N) is 1. The Morgan fingerprint density at radius 1 is 1.05 bits per heavy atom. The highest BCUT2D eigenvalue weighted by atomic mass is 16.5. The summed E-state index contributed by atoms with van der Waals surface area (Å²) in [5.74, 6) is -0.679. The van der Waals surface area contributed by atoms with Crippen molar-refractivity contribution in [2.24, 2.45) is 4.99 Å². The zero-order chi connectivity index (χ0) is 31.2. The number of carbonyl (C=O) groups is 4. The Morgan fingerprint density at radius 2 is 1.75 bits per heavy atom. The van der Waals surface area contributed by atoms with Crippen molar-refractivity contribution in [2.75, 3.05) is 38.6 Å². The molecule has 5 rings (SSSR count). The second-order valence-corrected chi connectivity index (χ2v) is 11.1. The number of aliphatic imine (C=N–C) groups is 1. The molecule has 0 aliphatic carbocycles. The summed E-state index contributed by atoms with van der Waals surface area (Å²) < 4.78 is 10.4. The number of ether oxygens (including phenoxy) is 1. The van der Waals surface area contributed by atoms with E-state index < -0.39 is 23.8 Å². The maximum absolute atomic E-state index is 13.7. The fourth-order valence-corrected chi connectivity index (χ4v) is 5.62. The van der Waals surface area contributed by atoms with Crippen LogP contribution in [0.3, 0.4) is 0 Å². The minimum absolute atomic E-state index is 0.0121. The molecule has 2 amide bonds. The van der Waals surface area contributed by atoms with Crippen LogP contribution in [0.2, 0.25) is 0 Å². The first-order chi connectivity index (χ1) is 21.3. The van der Waals surface area contributed by atoms with Gasteiger partial charge in [-0.05, 0) is 75.4 Å². The summed E-state index contributed by atoms with van der Waals surface area (Å²) in [6, 6.07) is 10.8. The Hall–Kier alpha value is -4.98. The Labute approximate surface area is 255 Å². The number of anilines is 1. The lowest BCUT2D eigenvalue weighted by molar-refractivity contribution is -0.140. The Kier molecular flexibility index (Phi) is 9.38. The molecule has 3 heterocycles. The molecule has 2 unspecified atom stereocenters. The number of furan rings is 1. The van der Waals surface area contributed by atoms with E-state index in [0.717, 1.165) is 30.4 Å². The van der Waals surface area contributed by atoms with E-state index in [0.29, 0.717) is 43.7 Å². The van der Waals surface area contributed by atoms with E-state index in [4.69, 9.17) is 20.7 Å². The molecule has 0 bridgehead atoms. The Balaban J connectivity index is 1.47. The van der Waals surface area contributed by atoms with Crippen molar-refractivity contribution in [3.63, 3.8) is 0 Å². The summed E-state index contributed by atoms with van der Waals surface area (Å²) in [5.41, 5.74) is 1.74. The number of amidine groups is 1. The summed E-state index contributed by atoms with van der Waals surface area (Å²) >= 11 is 0. The van der Waals surface area contributed by atoms with Crippen LogP contribution in [0.25, 0.3) is 15.8 Å². The third-order valence-corrected chi connectivity index (χ3v) is 7.97. The van der Waals surface area contributed by atoms with Crippen LogP contribution in [-0.4, -0.2) is 84.6 Å². The number of carbonyl (C=O) groups excluding carboxylic acids is 4. The molecule has 0 saturated carbocycles. The maximum Gasteiger partial charge on any atom is 0.341 e. The van der Waals surface area contributed by atoms with Gasteiger partial charge in [0.05, 0.1) is 19.2 Å². The number of amides is 2. The third kappa shape index (κ3) is 6.80. The second-order valence-electron chi connectivity index (χ2n) is 11.1. The number of aryl methyl sites for hydroxylation is 1. The smallest absolute Gasteiger partial charge is 0.341 e. The van der Waals surface area contributed by atoms with E-state index in [-0.39, 0.29) is 35.3 Å². The molecule has 11 nitrogen and oxygen atoms in total. The van der Waals surface area contributed by atoms with Crippen molar-refractivity contribution in [1.29, 1.82) is 0 Å². The van der Waals surface area contributed by atoms with Crippen LogP contribution in [0.1, 0.15) is 58.6 Å². The van der Waals surface area contributed by atoms with Crippen LogP contribution in [0, 0.1) is 13.5 Å². The standard InChI is InChI=1S/C33H35N5O6/c1-21-18-24-19-25(13-14-27(24)44-21)35-31(29(34-2)30(40)22-9-11-23(12-10-22)33(42)43-3)36-26-8-4-5-17-38(32(26)41)20-28(39)37-15-6-7-16-37/h9-14,18-19,26,29H,4-8,15-17,20H2,1,3H3,(H,35,36). The Morgan fingerprint density at radius 3 is 2.45 bits per heavy atom. The van der Waals surface area contributed by atoms with Gasteiger partial charge in [0.25, 0.3) is 5.78 Å². The number of likely N-dealkylation sites (tertiary alicyclic amines) is 2. The van der Waals surface area contributed by atoms with Gasteiger partial charge in [0.1, 0.15) is 17.4 Å². The summed E-state index contributed by atoms with van der Waals surface area (Å²) in [5, 5.41) is 3.99. The SMILES string of the molecule is [C-]#[N+]C(C(=O)c1ccc(C(=O)OC)cc1)C(=NC1CCCCN(CC(=O)N2CCCC2)C1=O)Nc1ccc2oc(C)cc2c1. The number of ketones is 1. The Bertz CT molecular complexity index is 1630. The lowest BCUT2D eigenvalue weighted by Crippen LogP contribution is -2.45. The lowest BCUT2D eigenvalue weighted by atomic mass is 10.0. The van der Waals surface area contributed by atoms with Gasteiger partial charge in [-0.15, -0.1) is 0 Å². The van der Waals surface area contributed by atoms with Crippen LogP contribution in [0.4, 0.5) is 5.69 Å². The molecular formula is C33H35N5O6. The number of rotatable bonds is 8. The van der Waals surface area contributed by atoms with Crippen molar-refractivity contribution in [3.05, 3.63) is 76.8 Å². The highest BCUT2D eigenvalue weighted by Crippen LogP contribution is 2.24. The first-order valence-electron chi connectivity index (χ1n) is 14.8. The quantitative estimate of drug-likeness (QED) is 0.133. The van der Waals surface area contributed by atoms with E-state index in [1.54, 1.807) is 21.9 Å². The minimum atomic E-state index is -1.39. The van der Waals surface area contributed by atoms with Gasteiger partial charge in [-0.2, -0.15) is 0 Å². The number of hydrogen-bond acceptors (Lipinski definition) is 7. The first kappa shape index (κ1) is 30.5. The van der Waals surface area contributed by atoms with Gasteiger partial charge in [-0.1, -0.05) is 12.1 Å². The molecule has 1 N–H and O–H groups in total. The zero-order valence-corrected chi connectivity index (χ0v) is 24.9. The average molecular weight is 598 g/mol. The summed E-state index contributed by atoms with van der Waals surface area (Å²) in [7, 11) is 1.27. The molecule has 2 aromatic carbocycles. The predicted molar refractivity (Wildman–Crippen MR) is 165 cm³/mol. The van der Waals surface area contributed by atoms with Crippen molar-refractivity contribution >= 4 is 46.1 Å². The molecule has 3 aromatic rings. The van der Waals surface area contributed by atoms with Crippen molar-refractivity contribution in [3.8, 4) is 0 Å². The van der Waals surface area contributed by atoms with E-state index in [9.17, 15) is 19.2 Å². The minimum Gasteiger partial charge on any atom is -0.465 e. The topological polar surface area (TPSA) is 126 Å². The van der Waals surface area contributed by atoms with Gasteiger partial charge < -0.3 is 24.3 Å². The summed E-state index contributed by atoms with van der Waals surface area (Å²) in [6.07, 6.45) is 3.77. The largest absolute Gasteiger partial charge is 0.465 e.